The van der Waals surface area contributed by atoms with Gasteiger partial charge in [0, 0.05) is 12.1 Å². The summed E-state index contributed by atoms with van der Waals surface area (Å²) in [5.74, 6) is 0.656. The number of nitrogens with one attached hydrogen (secondary N) is 1. The van der Waals surface area contributed by atoms with Gasteiger partial charge in [-0.2, -0.15) is 0 Å². The quantitative estimate of drug-likeness (QED) is 0.414. The number of nitrogens with zero attached hydrogens (tertiary/aromatic N) is 1. The van der Waals surface area contributed by atoms with Gasteiger partial charge in [0.25, 0.3) is 11.6 Å². The van der Waals surface area contributed by atoms with Gasteiger partial charge in [0.1, 0.15) is 0 Å². The van der Waals surface area contributed by atoms with Gasteiger partial charge in [-0.25, -0.2) is 0 Å². The first-order chi connectivity index (χ1) is 12.9. The van der Waals surface area contributed by atoms with Crippen LogP contribution in [0.2, 0.25) is 0 Å². The van der Waals surface area contributed by atoms with Crippen molar-refractivity contribution in [2.24, 2.45) is 0 Å². The molecule has 0 spiro atoms. The Hall–Kier alpha value is -3.35. The van der Waals surface area contributed by atoms with Crippen molar-refractivity contribution in [1.82, 2.24) is 5.32 Å². The highest BCUT2D eigenvalue weighted by molar-refractivity contribution is 5.78. The Bertz CT molecular complexity index is 835. The van der Waals surface area contributed by atoms with Crippen molar-refractivity contribution >= 4 is 11.6 Å². The van der Waals surface area contributed by atoms with E-state index in [0.29, 0.717) is 23.5 Å². The van der Waals surface area contributed by atoms with Crippen LogP contribution in [0.4, 0.5) is 5.69 Å². The Morgan fingerprint density at radius 2 is 2.07 bits per heavy atom. The number of carbonyl (C=O) groups is 1. The predicted molar refractivity (Wildman–Crippen MR) is 102 cm³/mol. The zero-order valence-corrected chi connectivity index (χ0v) is 15.3. The van der Waals surface area contributed by atoms with E-state index in [9.17, 15) is 14.9 Å². The van der Waals surface area contributed by atoms with Crippen LogP contribution >= 0.6 is 0 Å². The number of carbonyl (C=O) groups excluding carboxylic acids is 1. The molecule has 7 nitrogen and oxygen atoms in total. The molecular formula is C20H22N2O5. The van der Waals surface area contributed by atoms with Gasteiger partial charge in [0.15, 0.2) is 18.1 Å². The van der Waals surface area contributed by atoms with Crippen molar-refractivity contribution in [3.05, 3.63) is 76.4 Å². The number of ether oxygens (including phenoxy) is 2. The van der Waals surface area contributed by atoms with Crippen LogP contribution in [0, 0.1) is 10.1 Å². The lowest BCUT2D eigenvalue weighted by Crippen LogP contribution is -2.31. The Balaban J connectivity index is 1.97. The van der Waals surface area contributed by atoms with E-state index in [0.717, 1.165) is 5.56 Å². The summed E-state index contributed by atoms with van der Waals surface area (Å²) in [5, 5.41) is 13.6. The molecule has 1 atom stereocenters. The normalized spacial score (nSPS) is 11.3. The second kappa shape index (κ2) is 9.38. The minimum atomic E-state index is -0.469. The molecule has 1 unspecified atom stereocenters. The minimum absolute atomic E-state index is 0.0193. The zero-order chi connectivity index (χ0) is 19.8. The van der Waals surface area contributed by atoms with Crippen LogP contribution in [0.1, 0.15) is 24.1 Å². The monoisotopic (exact) mass is 370 g/mol. The van der Waals surface area contributed by atoms with Crippen LogP contribution < -0.4 is 14.8 Å². The van der Waals surface area contributed by atoms with Gasteiger partial charge in [-0.1, -0.05) is 24.3 Å². The average Bonchev–Trinajstić information content (AvgIpc) is 2.67. The Morgan fingerprint density at radius 1 is 1.30 bits per heavy atom. The highest BCUT2D eigenvalue weighted by atomic mass is 16.6. The van der Waals surface area contributed by atoms with Crippen LogP contribution in [-0.4, -0.2) is 24.5 Å². The van der Waals surface area contributed by atoms with Gasteiger partial charge in [0.2, 0.25) is 0 Å². The van der Waals surface area contributed by atoms with Crippen LogP contribution in [0.15, 0.2) is 55.1 Å². The van der Waals surface area contributed by atoms with Crippen molar-refractivity contribution in [2.75, 3.05) is 13.7 Å². The Kier molecular flexibility index (Phi) is 6.93. The molecule has 1 amide bonds. The Morgan fingerprint density at radius 3 is 2.74 bits per heavy atom. The lowest BCUT2D eigenvalue weighted by molar-refractivity contribution is -0.384. The van der Waals surface area contributed by atoms with Crippen LogP contribution in [0.5, 0.6) is 11.5 Å². The molecule has 0 heterocycles. The number of non-ortho nitro benzene ring substituents is 1. The largest absolute Gasteiger partial charge is 0.493 e. The van der Waals surface area contributed by atoms with Gasteiger partial charge < -0.3 is 14.8 Å². The first-order valence-corrected chi connectivity index (χ1v) is 8.39. The number of hydrogen-bond acceptors (Lipinski definition) is 5. The summed E-state index contributed by atoms with van der Waals surface area (Å²) in [6.45, 7) is 5.25. The lowest BCUT2D eigenvalue weighted by Gasteiger charge is -2.15. The molecule has 2 rings (SSSR count). The van der Waals surface area contributed by atoms with E-state index in [1.54, 1.807) is 31.2 Å². The molecule has 0 aliphatic heterocycles. The summed E-state index contributed by atoms with van der Waals surface area (Å²) in [6.07, 6.45) is 2.50. The van der Waals surface area contributed by atoms with Gasteiger partial charge in [-0.15, -0.1) is 6.58 Å². The highest BCUT2D eigenvalue weighted by Gasteiger charge is 2.14. The van der Waals surface area contributed by atoms with E-state index in [1.807, 2.05) is 12.1 Å². The number of nitro groups is 1. The molecule has 142 valence electrons. The average molecular weight is 370 g/mol. The van der Waals surface area contributed by atoms with Gasteiger partial charge in [-0.3, -0.25) is 14.9 Å². The van der Waals surface area contributed by atoms with Crippen LogP contribution in [0.3, 0.4) is 0 Å². The molecule has 0 fully saturated rings. The molecule has 27 heavy (non-hydrogen) atoms. The molecule has 0 aromatic heterocycles. The summed E-state index contributed by atoms with van der Waals surface area (Å²) in [6, 6.07) is 11.2. The number of nitro benzene ring substituents is 1. The molecule has 0 aliphatic carbocycles. The summed E-state index contributed by atoms with van der Waals surface area (Å²) < 4.78 is 10.8. The second-order valence-corrected chi connectivity index (χ2v) is 5.91. The topological polar surface area (TPSA) is 90.7 Å². The fourth-order valence-corrected chi connectivity index (χ4v) is 2.54. The first-order valence-electron chi connectivity index (χ1n) is 8.39. The summed E-state index contributed by atoms with van der Waals surface area (Å²) >= 11 is 0. The number of hydrogen-bond donors (Lipinski definition) is 1. The fraction of sp³-hybridized carbons (Fsp3) is 0.250. The maximum absolute atomic E-state index is 12.2. The van der Waals surface area contributed by atoms with Gasteiger partial charge >= 0.3 is 0 Å². The molecular weight excluding hydrogens is 348 g/mol. The first kappa shape index (κ1) is 20.0. The van der Waals surface area contributed by atoms with Crippen molar-refractivity contribution in [3.8, 4) is 11.5 Å². The van der Waals surface area contributed by atoms with Gasteiger partial charge in [0.05, 0.1) is 18.1 Å². The molecule has 7 heteroatoms. The maximum Gasteiger partial charge on any atom is 0.269 e. The maximum atomic E-state index is 12.2. The summed E-state index contributed by atoms with van der Waals surface area (Å²) in [5.41, 5.74) is 1.65. The number of rotatable bonds is 9. The van der Waals surface area contributed by atoms with Crippen molar-refractivity contribution in [2.45, 2.75) is 19.4 Å². The van der Waals surface area contributed by atoms with E-state index in [1.165, 1.54) is 19.2 Å². The molecule has 0 saturated heterocycles. The fourth-order valence-electron chi connectivity index (χ4n) is 2.54. The smallest absolute Gasteiger partial charge is 0.269 e. The summed E-state index contributed by atoms with van der Waals surface area (Å²) in [7, 11) is 1.53. The van der Waals surface area contributed by atoms with Crippen molar-refractivity contribution in [1.29, 1.82) is 0 Å². The van der Waals surface area contributed by atoms with Gasteiger partial charge in [-0.05, 0) is 36.6 Å². The second-order valence-electron chi connectivity index (χ2n) is 5.91. The number of benzene rings is 2. The van der Waals surface area contributed by atoms with E-state index in [-0.39, 0.29) is 18.2 Å². The predicted octanol–water partition coefficient (Wildman–Crippen LogP) is 3.59. The van der Waals surface area contributed by atoms with E-state index in [4.69, 9.17) is 9.47 Å². The van der Waals surface area contributed by atoms with E-state index < -0.39 is 11.0 Å². The lowest BCUT2D eigenvalue weighted by atomic mass is 10.1. The molecule has 0 aliphatic rings. The third kappa shape index (κ3) is 5.57. The van der Waals surface area contributed by atoms with Crippen molar-refractivity contribution < 1.29 is 19.2 Å². The molecule has 1 N–H and O–H groups in total. The zero-order valence-electron chi connectivity index (χ0n) is 15.3. The number of amides is 1. The number of allylic oxidation sites excluding steroid dienone is 1. The SMILES string of the molecule is C=CCc1ccc(OCC(=O)NC(C)c2cccc([N+](=O)[O-])c2)c(OC)c1. The molecule has 0 bridgehead atoms. The Labute approximate surface area is 157 Å². The van der Waals surface area contributed by atoms with E-state index >= 15 is 0 Å². The molecule has 2 aromatic rings. The third-order valence-corrected chi connectivity index (χ3v) is 3.93. The van der Waals surface area contributed by atoms with Crippen molar-refractivity contribution in [3.63, 3.8) is 0 Å². The number of methoxy groups -OCH3 is 1. The van der Waals surface area contributed by atoms with Crippen LogP contribution in [-0.2, 0) is 11.2 Å². The molecule has 0 saturated carbocycles. The standard InChI is InChI=1S/C20H22N2O5/c1-4-6-15-9-10-18(19(11-15)26-3)27-13-20(23)21-14(2)16-7-5-8-17(12-16)22(24)25/h4-5,7-12,14H,1,6,13H2,2-3H3,(H,21,23). The molecule has 2 aromatic carbocycles. The third-order valence-electron chi connectivity index (χ3n) is 3.93. The van der Waals surface area contributed by atoms with Crippen LogP contribution in [0.25, 0.3) is 0 Å². The molecule has 0 radical (unpaired) electrons. The van der Waals surface area contributed by atoms with E-state index in [2.05, 4.69) is 11.9 Å². The highest BCUT2D eigenvalue weighted by Crippen LogP contribution is 2.28. The minimum Gasteiger partial charge on any atom is -0.493 e. The summed E-state index contributed by atoms with van der Waals surface area (Å²) in [4.78, 5) is 22.6.